The summed E-state index contributed by atoms with van der Waals surface area (Å²) in [5, 5.41) is 6.59. The van der Waals surface area contributed by atoms with Crippen molar-refractivity contribution >= 4 is 28.8 Å². The van der Waals surface area contributed by atoms with Crippen LogP contribution in [0.2, 0.25) is 0 Å². The van der Waals surface area contributed by atoms with Crippen molar-refractivity contribution in [3.8, 4) is 0 Å². The van der Waals surface area contributed by atoms with Crippen LogP contribution in [0.5, 0.6) is 0 Å². The van der Waals surface area contributed by atoms with Crippen molar-refractivity contribution < 1.29 is 9.59 Å². The van der Waals surface area contributed by atoms with Gasteiger partial charge in [-0.15, -0.1) is 0 Å². The first-order valence-corrected chi connectivity index (χ1v) is 6.70. The van der Waals surface area contributed by atoms with Crippen LogP contribution < -0.4 is 10.2 Å². The van der Waals surface area contributed by atoms with E-state index in [2.05, 4.69) is 5.32 Å². The third-order valence-electron chi connectivity index (χ3n) is 3.18. The van der Waals surface area contributed by atoms with Gasteiger partial charge in [-0.1, -0.05) is 20.3 Å². The first kappa shape index (κ1) is 12.1. The molecule has 1 fully saturated rings. The molecule has 0 radical (unpaired) electrons. The lowest BCUT2D eigenvalue weighted by molar-refractivity contribution is -0.132. The Kier molecular flexibility index (Phi) is 3.47. The van der Waals surface area contributed by atoms with Crippen molar-refractivity contribution in [3.63, 3.8) is 0 Å². The fourth-order valence-electron chi connectivity index (χ4n) is 1.92. The molecule has 2 unspecified atom stereocenters. The molecule has 2 atom stereocenters. The summed E-state index contributed by atoms with van der Waals surface area (Å²) >= 11 is 1.53. The summed E-state index contributed by atoms with van der Waals surface area (Å²) in [6, 6.07) is 1.48. The summed E-state index contributed by atoms with van der Waals surface area (Å²) in [5.74, 6) is 0.0753. The van der Waals surface area contributed by atoms with Gasteiger partial charge >= 0.3 is 0 Å². The van der Waals surface area contributed by atoms with Gasteiger partial charge in [0.25, 0.3) is 0 Å². The maximum Gasteiger partial charge on any atom is 0.250 e. The van der Waals surface area contributed by atoms with E-state index in [9.17, 15) is 9.59 Å². The molecule has 0 bridgehead atoms. The van der Waals surface area contributed by atoms with Crippen LogP contribution in [0, 0.1) is 5.92 Å². The maximum atomic E-state index is 12.3. The van der Waals surface area contributed by atoms with E-state index in [4.69, 9.17) is 0 Å². The highest BCUT2D eigenvalue weighted by molar-refractivity contribution is 7.08. The number of nitrogens with zero attached hydrogens (tertiary/aromatic N) is 1. The maximum absolute atomic E-state index is 12.3. The van der Waals surface area contributed by atoms with Gasteiger partial charge in [0.15, 0.2) is 0 Å². The van der Waals surface area contributed by atoms with E-state index in [1.165, 1.54) is 11.3 Å². The standard InChI is InChI=1S/C12H16N2O2S/c1-3-8(2)11-12(16)14(6-10(15)13-11)9-4-5-17-7-9/h4-5,7-8,11H,3,6H2,1-2H3,(H,13,15). The Morgan fingerprint density at radius 1 is 1.59 bits per heavy atom. The largest absolute Gasteiger partial charge is 0.342 e. The second-order valence-corrected chi connectivity index (χ2v) is 5.12. The molecule has 5 heteroatoms. The molecule has 1 aliphatic heterocycles. The van der Waals surface area contributed by atoms with Crippen molar-refractivity contribution in [2.75, 3.05) is 11.4 Å². The minimum Gasteiger partial charge on any atom is -0.342 e. The molecule has 1 aromatic heterocycles. The third kappa shape index (κ3) is 2.34. The van der Waals surface area contributed by atoms with Gasteiger partial charge in [-0.3, -0.25) is 9.59 Å². The lowest BCUT2D eigenvalue weighted by Gasteiger charge is -2.34. The first-order valence-electron chi connectivity index (χ1n) is 5.76. The smallest absolute Gasteiger partial charge is 0.250 e. The third-order valence-corrected chi connectivity index (χ3v) is 3.85. The molecule has 2 amide bonds. The predicted octanol–water partition coefficient (Wildman–Crippen LogP) is 1.63. The molecule has 17 heavy (non-hydrogen) atoms. The molecular weight excluding hydrogens is 236 g/mol. The zero-order valence-electron chi connectivity index (χ0n) is 9.97. The van der Waals surface area contributed by atoms with E-state index in [0.29, 0.717) is 0 Å². The zero-order chi connectivity index (χ0) is 12.4. The van der Waals surface area contributed by atoms with Crippen LogP contribution in [0.15, 0.2) is 16.8 Å². The Morgan fingerprint density at radius 3 is 2.94 bits per heavy atom. The first-order chi connectivity index (χ1) is 8.13. The molecule has 1 aliphatic rings. The quantitative estimate of drug-likeness (QED) is 0.888. The Hall–Kier alpha value is -1.36. The van der Waals surface area contributed by atoms with E-state index in [1.54, 1.807) is 4.90 Å². The number of anilines is 1. The van der Waals surface area contributed by atoms with Crippen molar-refractivity contribution in [1.29, 1.82) is 0 Å². The molecule has 92 valence electrons. The average Bonchev–Trinajstić information content (AvgIpc) is 2.84. The second-order valence-electron chi connectivity index (χ2n) is 4.34. The molecule has 2 rings (SSSR count). The molecule has 2 heterocycles. The summed E-state index contributed by atoms with van der Waals surface area (Å²) in [7, 11) is 0. The minimum atomic E-state index is -0.388. The normalized spacial score (nSPS) is 22.5. The summed E-state index contributed by atoms with van der Waals surface area (Å²) in [6.45, 7) is 4.14. The molecule has 0 saturated carbocycles. The predicted molar refractivity (Wildman–Crippen MR) is 68.1 cm³/mol. The van der Waals surface area contributed by atoms with Crippen LogP contribution in [0.4, 0.5) is 5.69 Å². The van der Waals surface area contributed by atoms with Gasteiger partial charge in [0.05, 0.1) is 5.69 Å². The molecule has 0 spiro atoms. The molecule has 4 nitrogen and oxygen atoms in total. The van der Waals surface area contributed by atoms with E-state index in [-0.39, 0.29) is 30.3 Å². The van der Waals surface area contributed by atoms with Crippen LogP contribution in [0.1, 0.15) is 20.3 Å². The summed E-state index contributed by atoms with van der Waals surface area (Å²) in [4.78, 5) is 25.5. The summed E-state index contributed by atoms with van der Waals surface area (Å²) < 4.78 is 0. The second kappa shape index (κ2) is 4.87. The van der Waals surface area contributed by atoms with Gasteiger partial charge in [-0.2, -0.15) is 11.3 Å². The Labute approximate surface area is 105 Å². The van der Waals surface area contributed by atoms with Crippen molar-refractivity contribution in [2.24, 2.45) is 5.92 Å². The van der Waals surface area contributed by atoms with E-state index < -0.39 is 0 Å². The highest BCUT2D eigenvalue weighted by Crippen LogP contribution is 2.23. The van der Waals surface area contributed by atoms with E-state index in [0.717, 1.165) is 12.1 Å². The number of carbonyl (C=O) groups excluding carboxylic acids is 2. The summed E-state index contributed by atoms with van der Waals surface area (Å²) in [5.41, 5.74) is 0.822. The van der Waals surface area contributed by atoms with Crippen LogP contribution in [-0.4, -0.2) is 24.4 Å². The number of thiophene rings is 1. The molecule has 0 aliphatic carbocycles. The topological polar surface area (TPSA) is 49.4 Å². The van der Waals surface area contributed by atoms with Crippen LogP contribution in [-0.2, 0) is 9.59 Å². The van der Waals surface area contributed by atoms with Crippen LogP contribution in [0.3, 0.4) is 0 Å². The van der Waals surface area contributed by atoms with Gasteiger partial charge in [0.2, 0.25) is 11.8 Å². The molecule has 1 saturated heterocycles. The van der Waals surface area contributed by atoms with Crippen LogP contribution >= 0.6 is 11.3 Å². The Morgan fingerprint density at radius 2 is 2.35 bits per heavy atom. The van der Waals surface area contributed by atoms with Gasteiger partial charge < -0.3 is 10.2 Å². The fraction of sp³-hybridized carbons (Fsp3) is 0.500. The molecule has 1 N–H and O–H groups in total. The average molecular weight is 252 g/mol. The highest BCUT2D eigenvalue weighted by atomic mass is 32.1. The lowest BCUT2D eigenvalue weighted by Crippen LogP contribution is -2.60. The summed E-state index contributed by atoms with van der Waals surface area (Å²) in [6.07, 6.45) is 0.869. The molecule has 1 aromatic rings. The van der Waals surface area contributed by atoms with Gasteiger partial charge in [-0.25, -0.2) is 0 Å². The lowest BCUT2D eigenvalue weighted by atomic mass is 9.96. The van der Waals surface area contributed by atoms with E-state index >= 15 is 0 Å². The monoisotopic (exact) mass is 252 g/mol. The number of carbonyl (C=O) groups is 2. The van der Waals surface area contributed by atoms with Gasteiger partial charge in [0.1, 0.15) is 12.6 Å². The highest BCUT2D eigenvalue weighted by Gasteiger charge is 2.36. The number of piperazine rings is 1. The fourth-order valence-corrected chi connectivity index (χ4v) is 2.56. The number of rotatable bonds is 3. The van der Waals surface area contributed by atoms with Gasteiger partial charge in [-0.05, 0) is 17.4 Å². The number of nitrogens with one attached hydrogen (secondary N) is 1. The SMILES string of the molecule is CCC(C)C1NC(=O)CN(c2ccsc2)C1=O. The molecule has 0 aromatic carbocycles. The minimum absolute atomic E-state index is 0.00245. The van der Waals surface area contributed by atoms with Crippen molar-refractivity contribution in [3.05, 3.63) is 16.8 Å². The Balaban J connectivity index is 2.23. The number of hydrogen-bond donors (Lipinski definition) is 1. The van der Waals surface area contributed by atoms with Crippen molar-refractivity contribution in [2.45, 2.75) is 26.3 Å². The van der Waals surface area contributed by atoms with Gasteiger partial charge in [0, 0.05) is 5.38 Å². The Bertz CT molecular complexity index is 416. The van der Waals surface area contributed by atoms with Crippen molar-refractivity contribution in [1.82, 2.24) is 5.32 Å². The molecular formula is C12H16N2O2S. The zero-order valence-corrected chi connectivity index (χ0v) is 10.8. The number of hydrogen-bond acceptors (Lipinski definition) is 3. The van der Waals surface area contributed by atoms with E-state index in [1.807, 2.05) is 30.7 Å². The number of amides is 2. The van der Waals surface area contributed by atoms with Crippen LogP contribution in [0.25, 0.3) is 0 Å².